The Morgan fingerprint density at radius 2 is 2.30 bits per heavy atom. The van der Waals surface area contributed by atoms with Gasteiger partial charge in [0.1, 0.15) is 5.82 Å². The quantitative estimate of drug-likeness (QED) is 0.642. The van der Waals surface area contributed by atoms with Crippen molar-refractivity contribution in [2.75, 3.05) is 32.1 Å². The fourth-order valence-corrected chi connectivity index (χ4v) is 2.26. The summed E-state index contributed by atoms with van der Waals surface area (Å²) in [6.07, 6.45) is 2.36. The maximum Gasteiger partial charge on any atom is 0.238 e. The first-order valence-corrected chi connectivity index (χ1v) is 7.78. The molecule has 7 heteroatoms. The molecule has 23 heavy (non-hydrogen) atoms. The van der Waals surface area contributed by atoms with Gasteiger partial charge < -0.3 is 15.4 Å². The number of rotatable bonds is 8. The van der Waals surface area contributed by atoms with E-state index in [0.29, 0.717) is 24.9 Å². The van der Waals surface area contributed by atoms with Gasteiger partial charge in [-0.2, -0.15) is 5.10 Å². The molecule has 0 bridgehead atoms. The molecule has 0 radical (unpaired) electrons. The average Bonchev–Trinajstić information content (AvgIpc) is 3.29. The number of nitrogens with zero attached hydrogens (tertiary/aromatic N) is 2. The Bertz CT molecular complexity index is 666. The van der Waals surface area contributed by atoms with Crippen molar-refractivity contribution < 1.29 is 9.53 Å². The number of aromatic amines is 1. The Labute approximate surface area is 134 Å². The standard InChI is InChI=1S/C16H21N5O2/c1-23-8-7-17-10-14(22)18-13-4-2-3-12(9-13)16-19-15(20-21-16)11-5-6-11/h2-4,9,11,17H,5-8,10H2,1H3,(H,18,22)(H,19,20,21). The molecule has 0 spiro atoms. The second-order valence-electron chi connectivity index (χ2n) is 5.62. The molecule has 1 aliphatic carbocycles. The van der Waals surface area contributed by atoms with Crippen LogP contribution >= 0.6 is 0 Å². The number of nitrogens with one attached hydrogen (secondary N) is 3. The number of methoxy groups -OCH3 is 1. The van der Waals surface area contributed by atoms with E-state index >= 15 is 0 Å². The van der Waals surface area contributed by atoms with Crippen LogP contribution in [0.25, 0.3) is 11.4 Å². The number of hydrogen-bond donors (Lipinski definition) is 3. The largest absolute Gasteiger partial charge is 0.383 e. The molecule has 1 saturated carbocycles. The molecule has 2 aromatic rings. The van der Waals surface area contributed by atoms with Crippen LogP contribution < -0.4 is 10.6 Å². The zero-order chi connectivity index (χ0) is 16.1. The summed E-state index contributed by atoms with van der Waals surface area (Å²) in [6, 6.07) is 7.56. The van der Waals surface area contributed by atoms with Gasteiger partial charge in [-0.3, -0.25) is 9.89 Å². The number of benzene rings is 1. The van der Waals surface area contributed by atoms with Crippen LogP contribution in [0.15, 0.2) is 24.3 Å². The van der Waals surface area contributed by atoms with Crippen molar-refractivity contribution in [3.8, 4) is 11.4 Å². The second-order valence-corrected chi connectivity index (χ2v) is 5.62. The Morgan fingerprint density at radius 3 is 3.09 bits per heavy atom. The van der Waals surface area contributed by atoms with Crippen LogP contribution in [0, 0.1) is 0 Å². The van der Waals surface area contributed by atoms with Crippen molar-refractivity contribution in [3.05, 3.63) is 30.1 Å². The van der Waals surface area contributed by atoms with Gasteiger partial charge in [-0.15, -0.1) is 0 Å². The van der Waals surface area contributed by atoms with Gasteiger partial charge in [-0.1, -0.05) is 12.1 Å². The Balaban J connectivity index is 1.59. The summed E-state index contributed by atoms with van der Waals surface area (Å²) >= 11 is 0. The third-order valence-corrected chi connectivity index (χ3v) is 3.64. The van der Waals surface area contributed by atoms with E-state index in [-0.39, 0.29) is 12.5 Å². The fourth-order valence-electron chi connectivity index (χ4n) is 2.26. The lowest BCUT2D eigenvalue weighted by atomic mass is 10.2. The minimum Gasteiger partial charge on any atom is -0.383 e. The van der Waals surface area contributed by atoms with Crippen LogP contribution in [-0.2, 0) is 9.53 Å². The lowest BCUT2D eigenvalue weighted by molar-refractivity contribution is -0.115. The molecular formula is C16H21N5O2. The normalized spacial score (nSPS) is 14.0. The molecule has 0 atom stereocenters. The molecule has 1 amide bonds. The second kappa shape index (κ2) is 7.34. The van der Waals surface area contributed by atoms with E-state index in [9.17, 15) is 4.79 Å². The monoisotopic (exact) mass is 315 g/mol. The zero-order valence-corrected chi connectivity index (χ0v) is 13.1. The van der Waals surface area contributed by atoms with E-state index in [1.807, 2.05) is 24.3 Å². The minimum absolute atomic E-state index is 0.0908. The zero-order valence-electron chi connectivity index (χ0n) is 13.1. The molecule has 7 nitrogen and oxygen atoms in total. The number of H-pyrrole nitrogens is 1. The van der Waals surface area contributed by atoms with Crippen LogP contribution in [0.1, 0.15) is 24.6 Å². The molecule has 3 rings (SSSR count). The highest BCUT2D eigenvalue weighted by atomic mass is 16.5. The van der Waals surface area contributed by atoms with Crippen molar-refractivity contribution in [2.45, 2.75) is 18.8 Å². The summed E-state index contributed by atoms with van der Waals surface area (Å²) in [7, 11) is 1.63. The van der Waals surface area contributed by atoms with E-state index < -0.39 is 0 Å². The van der Waals surface area contributed by atoms with Crippen molar-refractivity contribution in [3.63, 3.8) is 0 Å². The summed E-state index contributed by atoms with van der Waals surface area (Å²) in [6.45, 7) is 1.47. The van der Waals surface area contributed by atoms with E-state index in [0.717, 1.165) is 17.1 Å². The first-order chi connectivity index (χ1) is 11.3. The summed E-state index contributed by atoms with van der Waals surface area (Å²) < 4.78 is 4.92. The first kappa shape index (κ1) is 15.6. The van der Waals surface area contributed by atoms with Crippen LogP contribution in [-0.4, -0.2) is 47.9 Å². The molecule has 1 fully saturated rings. The van der Waals surface area contributed by atoms with Crippen molar-refractivity contribution in [1.29, 1.82) is 0 Å². The van der Waals surface area contributed by atoms with E-state index in [1.165, 1.54) is 12.8 Å². The Kier molecular flexibility index (Phi) is 4.99. The third-order valence-electron chi connectivity index (χ3n) is 3.64. The predicted octanol–water partition coefficient (Wildman–Crippen LogP) is 1.52. The van der Waals surface area contributed by atoms with Gasteiger partial charge in [-0.05, 0) is 25.0 Å². The Morgan fingerprint density at radius 1 is 1.43 bits per heavy atom. The molecule has 3 N–H and O–H groups in total. The number of anilines is 1. The highest BCUT2D eigenvalue weighted by molar-refractivity contribution is 5.92. The minimum atomic E-state index is -0.0908. The molecule has 0 saturated heterocycles. The maximum absolute atomic E-state index is 11.9. The third kappa shape index (κ3) is 4.37. The predicted molar refractivity (Wildman–Crippen MR) is 87.2 cm³/mol. The molecular weight excluding hydrogens is 294 g/mol. The van der Waals surface area contributed by atoms with Crippen molar-refractivity contribution in [2.24, 2.45) is 0 Å². The molecule has 0 unspecified atom stereocenters. The van der Waals surface area contributed by atoms with E-state index in [1.54, 1.807) is 7.11 Å². The Hall–Kier alpha value is -2.25. The van der Waals surface area contributed by atoms with Crippen LogP contribution in [0.5, 0.6) is 0 Å². The van der Waals surface area contributed by atoms with Crippen LogP contribution in [0.4, 0.5) is 5.69 Å². The summed E-state index contributed by atoms with van der Waals surface area (Å²) in [4.78, 5) is 16.4. The van der Waals surface area contributed by atoms with Gasteiger partial charge in [0.25, 0.3) is 0 Å². The molecule has 122 valence electrons. The summed E-state index contributed by atoms with van der Waals surface area (Å²) in [5.41, 5.74) is 1.62. The fraction of sp³-hybridized carbons (Fsp3) is 0.438. The maximum atomic E-state index is 11.9. The molecule has 1 heterocycles. The van der Waals surface area contributed by atoms with E-state index in [2.05, 4.69) is 25.8 Å². The lowest BCUT2D eigenvalue weighted by Gasteiger charge is -2.07. The average molecular weight is 315 g/mol. The smallest absolute Gasteiger partial charge is 0.238 e. The number of aromatic nitrogens is 3. The first-order valence-electron chi connectivity index (χ1n) is 7.78. The number of carbonyl (C=O) groups is 1. The number of ether oxygens (including phenoxy) is 1. The van der Waals surface area contributed by atoms with Crippen molar-refractivity contribution in [1.82, 2.24) is 20.5 Å². The van der Waals surface area contributed by atoms with Crippen LogP contribution in [0.2, 0.25) is 0 Å². The van der Waals surface area contributed by atoms with Gasteiger partial charge in [0.15, 0.2) is 5.82 Å². The number of hydrogen-bond acceptors (Lipinski definition) is 5. The summed E-state index contributed by atoms with van der Waals surface area (Å²) in [5.74, 6) is 2.07. The topological polar surface area (TPSA) is 91.9 Å². The number of amides is 1. The van der Waals surface area contributed by atoms with E-state index in [4.69, 9.17) is 4.74 Å². The molecule has 0 aliphatic heterocycles. The van der Waals surface area contributed by atoms with Gasteiger partial charge in [0, 0.05) is 30.8 Å². The highest BCUT2D eigenvalue weighted by Crippen LogP contribution is 2.38. The molecule has 1 aromatic heterocycles. The van der Waals surface area contributed by atoms with Gasteiger partial charge in [0.05, 0.1) is 13.2 Å². The molecule has 1 aromatic carbocycles. The highest BCUT2D eigenvalue weighted by Gasteiger charge is 2.27. The molecule has 1 aliphatic rings. The van der Waals surface area contributed by atoms with Gasteiger partial charge in [0.2, 0.25) is 5.91 Å². The number of carbonyl (C=O) groups excluding carboxylic acids is 1. The lowest BCUT2D eigenvalue weighted by Crippen LogP contribution is -2.30. The van der Waals surface area contributed by atoms with Crippen molar-refractivity contribution >= 4 is 11.6 Å². The van der Waals surface area contributed by atoms with Gasteiger partial charge >= 0.3 is 0 Å². The van der Waals surface area contributed by atoms with Crippen LogP contribution in [0.3, 0.4) is 0 Å². The SMILES string of the molecule is COCCNCC(=O)Nc1cccc(-c2n[nH]c(C3CC3)n2)c1. The summed E-state index contributed by atoms with van der Waals surface area (Å²) in [5, 5.41) is 13.1. The van der Waals surface area contributed by atoms with Gasteiger partial charge in [-0.25, -0.2) is 4.98 Å².